The molecule has 0 N–H and O–H groups in total. The van der Waals surface area contributed by atoms with Crippen LogP contribution in [0.2, 0.25) is 0 Å². The van der Waals surface area contributed by atoms with E-state index in [0.717, 1.165) is 23.4 Å². The van der Waals surface area contributed by atoms with Gasteiger partial charge in [0.25, 0.3) is 0 Å². The molecule has 174 valence electrons. The van der Waals surface area contributed by atoms with Gasteiger partial charge < -0.3 is 14.3 Å². The minimum Gasteiger partial charge on any atom is -0.497 e. The zero-order chi connectivity index (χ0) is 23.6. The van der Waals surface area contributed by atoms with Crippen LogP contribution in [0.5, 0.6) is 5.75 Å². The normalized spacial score (nSPS) is 30.6. The predicted molar refractivity (Wildman–Crippen MR) is 121 cm³/mol. The first kappa shape index (κ1) is 20.9. The highest BCUT2D eigenvalue weighted by molar-refractivity contribution is 6.23. The lowest BCUT2D eigenvalue weighted by atomic mass is 9.71. The minimum atomic E-state index is -0.432. The Morgan fingerprint density at radius 2 is 1.68 bits per heavy atom. The van der Waals surface area contributed by atoms with Crippen molar-refractivity contribution in [2.45, 2.75) is 19.4 Å². The van der Waals surface area contributed by atoms with Gasteiger partial charge in [-0.25, -0.2) is 4.79 Å². The Hall–Kier alpha value is -3.68. The molecule has 4 aliphatic rings. The third kappa shape index (κ3) is 2.84. The van der Waals surface area contributed by atoms with Gasteiger partial charge in [-0.3, -0.25) is 14.5 Å². The number of nitrogens with zero attached hydrogens (tertiary/aromatic N) is 2. The summed E-state index contributed by atoms with van der Waals surface area (Å²) in [5.74, 6) is -0.863. The lowest BCUT2D eigenvalue weighted by Crippen LogP contribution is -2.41. The molecule has 6 atom stereocenters. The van der Waals surface area contributed by atoms with Gasteiger partial charge in [-0.1, -0.05) is 5.16 Å². The van der Waals surface area contributed by atoms with E-state index in [1.54, 1.807) is 38.3 Å². The fraction of sp³-hybridized carbons (Fsp3) is 0.385. The highest BCUT2D eigenvalue weighted by Gasteiger charge is 2.70. The van der Waals surface area contributed by atoms with Crippen LogP contribution in [0, 0.1) is 29.6 Å². The number of amides is 2. The van der Waals surface area contributed by atoms with Gasteiger partial charge in [0.05, 0.1) is 42.5 Å². The van der Waals surface area contributed by atoms with E-state index < -0.39 is 11.9 Å². The highest BCUT2D eigenvalue weighted by Crippen LogP contribution is 2.62. The Kier molecular flexibility index (Phi) is 4.72. The predicted octanol–water partition coefficient (Wildman–Crippen LogP) is 3.05. The summed E-state index contributed by atoms with van der Waals surface area (Å²) in [5, 5.41) is 4.38. The van der Waals surface area contributed by atoms with E-state index in [4.69, 9.17) is 14.3 Å². The molecule has 2 heterocycles. The molecule has 0 radical (unpaired) electrons. The van der Waals surface area contributed by atoms with Gasteiger partial charge in [0.2, 0.25) is 11.8 Å². The van der Waals surface area contributed by atoms with Crippen molar-refractivity contribution >= 4 is 29.2 Å². The second-order valence-corrected chi connectivity index (χ2v) is 9.20. The average molecular weight is 460 g/mol. The first-order chi connectivity index (χ1) is 16.5. The molecule has 6 rings (SSSR count). The van der Waals surface area contributed by atoms with Crippen molar-refractivity contribution in [3.63, 3.8) is 0 Å². The van der Waals surface area contributed by atoms with E-state index in [1.807, 2.05) is 24.3 Å². The number of anilines is 1. The highest BCUT2D eigenvalue weighted by atomic mass is 16.6. The monoisotopic (exact) mass is 460 g/mol. The molecule has 2 saturated carbocycles. The second-order valence-electron chi connectivity index (χ2n) is 9.20. The first-order valence-corrected chi connectivity index (χ1v) is 11.6. The van der Waals surface area contributed by atoms with Gasteiger partial charge in [-0.15, -0.1) is 0 Å². The number of benzene rings is 2. The zero-order valence-corrected chi connectivity index (χ0v) is 18.8. The molecule has 34 heavy (non-hydrogen) atoms. The number of hydrogen-bond donors (Lipinski definition) is 0. The number of ether oxygens (including phenoxy) is 2. The largest absolute Gasteiger partial charge is 0.497 e. The molecule has 2 bridgehead atoms. The van der Waals surface area contributed by atoms with Crippen LogP contribution >= 0.6 is 0 Å². The summed E-state index contributed by atoms with van der Waals surface area (Å²) >= 11 is 0. The molecule has 8 nitrogen and oxygen atoms in total. The summed E-state index contributed by atoms with van der Waals surface area (Å²) in [6.07, 6.45) is 0.596. The fourth-order valence-corrected chi connectivity index (χ4v) is 6.34. The smallest absolute Gasteiger partial charge is 0.338 e. The molecule has 0 aromatic heterocycles. The summed E-state index contributed by atoms with van der Waals surface area (Å²) in [5.41, 5.74) is 2.65. The Labute approximate surface area is 196 Å². The van der Waals surface area contributed by atoms with Crippen LogP contribution in [0.4, 0.5) is 5.69 Å². The maximum atomic E-state index is 13.5. The van der Waals surface area contributed by atoms with Gasteiger partial charge in [-0.05, 0) is 67.8 Å². The Balaban J connectivity index is 1.27. The Bertz CT molecular complexity index is 1200. The summed E-state index contributed by atoms with van der Waals surface area (Å²) in [7, 11) is 1.62. The standard InChI is InChI=1S/C26H24N2O6/c1-3-33-26(31)14-4-8-15(9-5-14)28-24(29)19-17-12-18(20(19)25(28)30)23-21(17)22(27-34-23)13-6-10-16(32-2)11-7-13/h4-11,17-21,23H,3,12H2,1-2H3/t17-,18+,19+,20+,21+,23-/m1/s1. The Morgan fingerprint density at radius 1 is 1.00 bits per heavy atom. The van der Waals surface area contributed by atoms with E-state index in [0.29, 0.717) is 11.3 Å². The van der Waals surface area contributed by atoms with Crippen LogP contribution in [-0.2, 0) is 19.2 Å². The topological polar surface area (TPSA) is 94.5 Å². The summed E-state index contributed by atoms with van der Waals surface area (Å²) in [4.78, 5) is 46.1. The molecule has 0 unspecified atom stereocenters. The van der Waals surface area contributed by atoms with Crippen molar-refractivity contribution in [1.29, 1.82) is 0 Å². The van der Waals surface area contributed by atoms with E-state index in [9.17, 15) is 14.4 Å². The van der Waals surface area contributed by atoms with E-state index in [1.165, 1.54) is 4.90 Å². The number of methoxy groups -OCH3 is 1. The molecule has 2 aliphatic heterocycles. The van der Waals surface area contributed by atoms with Crippen molar-refractivity contribution in [3.8, 4) is 5.75 Å². The first-order valence-electron chi connectivity index (χ1n) is 11.6. The zero-order valence-electron chi connectivity index (χ0n) is 18.8. The molecule has 2 aromatic carbocycles. The number of carbonyl (C=O) groups excluding carboxylic acids is 3. The van der Waals surface area contributed by atoms with Crippen molar-refractivity contribution in [2.24, 2.45) is 34.7 Å². The van der Waals surface area contributed by atoms with Crippen LogP contribution < -0.4 is 9.64 Å². The van der Waals surface area contributed by atoms with Crippen LogP contribution in [0.25, 0.3) is 0 Å². The quantitative estimate of drug-likeness (QED) is 0.503. The molecule has 3 fully saturated rings. The van der Waals surface area contributed by atoms with Crippen LogP contribution in [0.15, 0.2) is 53.7 Å². The molecule has 2 aliphatic carbocycles. The van der Waals surface area contributed by atoms with E-state index in [-0.39, 0.29) is 48.2 Å². The third-order valence-corrected chi connectivity index (χ3v) is 7.71. The van der Waals surface area contributed by atoms with Gasteiger partial charge in [0, 0.05) is 17.4 Å². The number of rotatable bonds is 5. The fourth-order valence-electron chi connectivity index (χ4n) is 6.34. The number of hydrogen-bond acceptors (Lipinski definition) is 7. The lowest BCUT2D eigenvalue weighted by molar-refractivity contribution is -0.125. The molecular formula is C26H24N2O6. The summed E-state index contributed by atoms with van der Waals surface area (Å²) in [6, 6.07) is 14.1. The summed E-state index contributed by atoms with van der Waals surface area (Å²) in [6.45, 7) is 2.02. The maximum Gasteiger partial charge on any atom is 0.338 e. The average Bonchev–Trinajstić information content (AvgIpc) is 3.60. The van der Waals surface area contributed by atoms with E-state index in [2.05, 4.69) is 5.16 Å². The van der Waals surface area contributed by atoms with Crippen molar-refractivity contribution in [1.82, 2.24) is 0 Å². The van der Waals surface area contributed by atoms with Gasteiger partial charge in [-0.2, -0.15) is 0 Å². The number of imide groups is 1. The Morgan fingerprint density at radius 3 is 2.32 bits per heavy atom. The van der Waals surface area contributed by atoms with Crippen molar-refractivity contribution in [3.05, 3.63) is 59.7 Å². The molecule has 2 aromatic rings. The third-order valence-electron chi connectivity index (χ3n) is 7.71. The van der Waals surface area contributed by atoms with Crippen LogP contribution in [-0.4, -0.2) is 43.3 Å². The van der Waals surface area contributed by atoms with Gasteiger partial charge in [0.15, 0.2) is 0 Å². The number of esters is 1. The number of oxime groups is 1. The lowest BCUT2D eigenvalue weighted by Gasteiger charge is -2.29. The molecule has 2 amide bonds. The van der Waals surface area contributed by atoms with Crippen molar-refractivity contribution in [2.75, 3.05) is 18.6 Å². The van der Waals surface area contributed by atoms with Crippen molar-refractivity contribution < 1.29 is 28.7 Å². The minimum absolute atomic E-state index is 0.00334. The van der Waals surface area contributed by atoms with Gasteiger partial charge >= 0.3 is 5.97 Å². The maximum absolute atomic E-state index is 13.5. The number of carbonyl (C=O) groups is 3. The van der Waals surface area contributed by atoms with Crippen LogP contribution in [0.1, 0.15) is 29.3 Å². The molecule has 0 spiro atoms. The van der Waals surface area contributed by atoms with E-state index >= 15 is 0 Å². The molecular weight excluding hydrogens is 436 g/mol. The molecule has 1 saturated heterocycles. The van der Waals surface area contributed by atoms with Gasteiger partial charge in [0.1, 0.15) is 11.9 Å². The van der Waals surface area contributed by atoms with Crippen LogP contribution in [0.3, 0.4) is 0 Å². The molecule has 8 heteroatoms. The summed E-state index contributed by atoms with van der Waals surface area (Å²) < 4.78 is 10.3. The SMILES string of the molecule is CCOC(=O)c1ccc(N2C(=O)[C@H]3[C@@H]4C[C@@H]([C@H]5C(c6ccc(OC)cc6)=NO[C@H]45)[C@@H]3C2=O)cc1. The second kappa shape index (κ2) is 7.68. The number of fused-ring (bicyclic) bond motifs is 8.